The van der Waals surface area contributed by atoms with Crippen LogP contribution in [0.3, 0.4) is 0 Å². The Hall–Kier alpha value is -4.16. The third-order valence-corrected chi connectivity index (χ3v) is 9.09. The highest BCUT2D eigenvalue weighted by Crippen LogP contribution is 2.36. The number of piperazine rings is 1. The number of nitrogens with zero attached hydrogens (tertiary/aromatic N) is 7. The first-order chi connectivity index (χ1) is 20.4. The summed E-state index contributed by atoms with van der Waals surface area (Å²) in [6.45, 7) is 16.8. The summed E-state index contributed by atoms with van der Waals surface area (Å²) < 4.78 is 6.47. The van der Waals surface area contributed by atoms with Crippen LogP contribution in [0.4, 0.5) is 11.5 Å². The fourth-order valence-corrected chi connectivity index (χ4v) is 6.71. The molecule has 9 heteroatoms. The zero-order valence-corrected chi connectivity index (χ0v) is 24.8. The monoisotopic (exact) mass is 565 g/mol. The summed E-state index contributed by atoms with van der Waals surface area (Å²) in [7, 11) is 4.18. The number of aromatic nitrogens is 2. The lowest BCUT2D eigenvalue weighted by Gasteiger charge is -2.42. The second-order valence-corrected chi connectivity index (χ2v) is 11.8. The zero-order valence-electron chi connectivity index (χ0n) is 24.8. The van der Waals surface area contributed by atoms with Gasteiger partial charge in [0.15, 0.2) is 0 Å². The number of rotatable bonds is 7. The maximum atomic E-state index is 12.5. The Kier molecular flexibility index (Phi) is 7.74. The molecular formula is C33H39N7O2. The molecule has 3 aromatic rings. The molecule has 0 unspecified atom stereocenters. The molecule has 0 radical (unpaired) electrons. The van der Waals surface area contributed by atoms with Crippen molar-refractivity contribution in [1.82, 2.24) is 19.8 Å². The van der Waals surface area contributed by atoms with Crippen LogP contribution in [0.5, 0.6) is 6.01 Å². The van der Waals surface area contributed by atoms with E-state index in [0.29, 0.717) is 38.2 Å². The van der Waals surface area contributed by atoms with Gasteiger partial charge in [-0.15, -0.1) is 0 Å². The molecule has 2 fully saturated rings. The predicted molar refractivity (Wildman–Crippen MR) is 166 cm³/mol. The summed E-state index contributed by atoms with van der Waals surface area (Å²) in [5.41, 5.74) is 4.61. The van der Waals surface area contributed by atoms with Gasteiger partial charge in [-0.3, -0.25) is 4.79 Å². The molecular weight excluding hydrogens is 526 g/mol. The number of carbonyl (C=O) groups is 1. The van der Waals surface area contributed by atoms with Gasteiger partial charge in [0.05, 0.1) is 12.2 Å². The third kappa shape index (κ3) is 5.16. The van der Waals surface area contributed by atoms with Crippen molar-refractivity contribution in [3.8, 4) is 6.01 Å². The molecule has 9 nitrogen and oxygen atoms in total. The molecule has 2 aliphatic heterocycles. The fourth-order valence-electron chi connectivity index (χ4n) is 6.71. The summed E-state index contributed by atoms with van der Waals surface area (Å²) >= 11 is 0. The minimum atomic E-state index is -0.222. The predicted octanol–water partition coefficient (Wildman–Crippen LogP) is 4.09. The van der Waals surface area contributed by atoms with Gasteiger partial charge < -0.3 is 29.2 Å². The summed E-state index contributed by atoms with van der Waals surface area (Å²) in [5.74, 6) is 0.753. The number of likely N-dealkylation sites (N-methyl/N-ethyl adjacent to an activating group) is 1. The van der Waals surface area contributed by atoms with Crippen molar-refractivity contribution in [2.45, 2.75) is 50.9 Å². The van der Waals surface area contributed by atoms with Gasteiger partial charge in [0.1, 0.15) is 18.0 Å². The average Bonchev–Trinajstić information content (AvgIpc) is 2.98. The molecule has 3 aliphatic rings. The maximum absolute atomic E-state index is 12.5. The van der Waals surface area contributed by atoms with E-state index in [1.54, 1.807) is 4.90 Å². The molecule has 1 saturated heterocycles. The second kappa shape index (κ2) is 11.6. The number of aryl methyl sites for hydroxylation is 1. The highest BCUT2D eigenvalue weighted by Gasteiger charge is 2.37. The second-order valence-electron chi connectivity index (χ2n) is 11.8. The van der Waals surface area contributed by atoms with Crippen LogP contribution < -0.4 is 14.5 Å². The Labute approximate surface area is 248 Å². The molecule has 0 spiro atoms. The number of carbonyl (C=O) groups excluding carboxylic acids is 1. The Morgan fingerprint density at radius 2 is 1.95 bits per heavy atom. The molecule has 0 N–H and O–H groups in total. The standard InChI is InChI=1S/C33H39N7O2/c1-6-30(41)40-18-17-39(20-24(40)19-34-3)32-25-15-16-38(28-12-8-11-23-10-7-9-22(2)31(23)28)21-26(25)35-33(36-32)42-29-14-13-27(29)37(4)5/h6-12,24,27,29H,1,13-21H2,2,4-5H3/t24-,27+,29-/m0/s1. The number of benzene rings is 2. The van der Waals surface area contributed by atoms with Crippen molar-refractivity contribution in [3.05, 3.63) is 77.3 Å². The molecule has 2 aromatic carbocycles. The number of fused-ring (bicyclic) bond motifs is 2. The van der Waals surface area contributed by atoms with Crippen LogP contribution in [0, 0.1) is 13.5 Å². The number of amides is 1. The lowest BCUT2D eigenvalue weighted by atomic mass is 9.88. The van der Waals surface area contributed by atoms with E-state index in [4.69, 9.17) is 21.3 Å². The van der Waals surface area contributed by atoms with Crippen LogP contribution >= 0.6 is 0 Å². The van der Waals surface area contributed by atoms with Gasteiger partial charge in [0.25, 0.3) is 0 Å². The minimum Gasteiger partial charge on any atom is -0.458 e. The summed E-state index contributed by atoms with van der Waals surface area (Å²) in [6, 6.07) is 13.5. The lowest BCUT2D eigenvalue weighted by Crippen LogP contribution is -2.56. The van der Waals surface area contributed by atoms with Crippen molar-refractivity contribution in [2.24, 2.45) is 0 Å². The van der Waals surface area contributed by atoms with Crippen LogP contribution in [-0.4, -0.2) is 90.7 Å². The van der Waals surface area contributed by atoms with Gasteiger partial charge >= 0.3 is 6.01 Å². The van der Waals surface area contributed by atoms with Crippen molar-refractivity contribution >= 4 is 28.2 Å². The number of hydrogen-bond donors (Lipinski definition) is 0. The summed E-state index contributed by atoms with van der Waals surface area (Å²) in [5, 5.41) is 2.52. The Balaban J connectivity index is 1.36. The van der Waals surface area contributed by atoms with Crippen molar-refractivity contribution in [1.29, 1.82) is 0 Å². The van der Waals surface area contributed by atoms with Gasteiger partial charge in [0, 0.05) is 48.9 Å². The Morgan fingerprint density at radius 3 is 2.67 bits per heavy atom. The van der Waals surface area contributed by atoms with Gasteiger partial charge in [-0.2, -0.15) is 9.97 Å². The molecule has 42 heavy (non-hydrogen) atoms. The Bertz CT molecular complexity index is 1540. The molecule has 3 heterocycles. The minimum absolute atomic E-state index is 0.0585. The van der Waals surface area contributed by atoms with E-state index in [0.717, 1.165) is 42.9 Å². The van der Waals surface area contributed by atoms with Crippen LogP contribution in [0.1, 0.15) is 29.7 Å². The van der Waals surface area contributed by atoms with Gasteiger partial charge in [-0.25, -0.2) is 6.57 Å². The highest BCUT2D eigenvalue weighted by atomic mass is 16.5. The van der Waals surface area contributed by atoms with Crippen LogP contribution in [-0.2, 0) is 17.8 Å². The first-order valence-corrected chi connectivity index (χ1v) is 14.8. The molecule has 0 bridgehead atoms. The molecule has 1 saturated carbocycles. The topological polar surface area (TPSA) is 69.4 Å². The number of ether oxygens (including phenoxy) is 1. The lowest BCUT2D eigenvalue weighted by molar-refractivity contribution is -0.128. The van der Waals surface area contributed by atoms with Crippen molar-refractivity contribution < 1.29 is 9.53 Å². The molecule has 1 aliphatic carbocycles. The van der Waals surface area contributed by atoms with E-state index in [1.807, 2.05) is 0 Å². The SMILES string of the molecule is [C-]#[N+]C[C@H]1CN(c2nc(O[C@H]3CC[C@H]3N(C)C)nc3c2CCN(c2cccc4cccc(C)c24)C3)CCN1C(=O)C=C. The first-order valence-electron chi connectivity index (χ1n) is 14.8. The van der Waals surface area contributed by atoms with Crippen LogP contribution in [0.25, 0.3) is 15.6 Å². The number of anilines is 2. The molecule has 1 aromatic heterocycles. The smallest absolute Gasteiger partial charge is 0.319 e. The maximum Gasteiger partial charge on any atom is 0.319 e. The fraction of sp³-hybridized carbons (Fsp3) is 0.455. The zero-order chi connectivity index (χ0) is 29.4. The first kappa shape index (κ1) is 28.0. The number of hydrogen-bond acceptors (Lipinski definition) is 7. The van der Waals surface area contributed by atoms with Crippen molar-refractivity contribution in [3.63, 3.8) is 0 Å². The third-order valence-electron chi connectivity index (χ3n) is 9.09. The van der Waals surface area contributed by atoms with Gasteiger partial charge in [0.2, 0.25) is 12.5 Å². The van der Waals surface area contributed by atoms with Gasteiger partial charge in [-0.05, 0) is 63.4 Å². The summed E-state index contributed by atoms with van der Waals surface area (Å²) in [6.07, 6.45) is 4.28. The van der Waals surface area contributed by atoms with Gasteiger partial charge in [-0.1, -0.05) is 36.9 Å². The average molecular weight is 566 g/mol. The van der Waals surface area contributed by atoms with Crippen molar-refractivity contribution in [2.75, 3.05) is 56.6 Å². The molecule has 6 rings (SSSR count). The van der Waals surface area contributed by atoms with E-state index in [2.05, 4.69) is 83.5 Å². The molecule has 3 atom stereocenters. The quantitative estimate of drug-likeness (QED) is 0.316. The van der Waals surface area contributed by atoms with Crippen LogP contribution in [0.2, 0.25) is 0 Å². The highest BCUT2D eigenvalue weighted by molar-refractivity contribution is 5.97. The van der Waals surface area contributed by atoms with E-state index >= 15 is 0 Å². The van der Waals surface area contributed by atoms with E-state index < -0.39 is 0 Å². The Morgan fingerprint density at radius 1 is 1.14 bits per heavy atom. The van der Waals surface area contributed by atoms with Crippen LogP contribution in [0.15, 0.2) is 49.1 Å². The normalized spacial score (nSPS) is 22.0. The van der Waals surface area contributed by atoms with E-state index in [-0.39, 0.29) is 24.6 Å². The van der Waals surface area contributed by atoms with E-state index in [9.17, 15) is 4.79 Å². The summed E-state index contributed by atoms with van der Waals surface area (Å²) in [4.78, 5) is 34.9. The van der Waals surface area contributed by atoms with E-state index in [1.165, 1.54) is 28.1 Å². The molecule has 1 amide bonds. The molecule has 218 valence electrons. The largest absolute Gasteiger partial charge is 0.458 e.